The molecule has 4 nitrogen and oxygen atoms in total. The first-order chi connectivity index (χ1) is 12.4. The molecule has 2 rings (SSSR count). The number of benzene rings is 2. The van der Waals surface area contributed by atoms with Gasteiger partial charge in [-0.25, -0.2) is 13.1 Å². The van der Waals surface area contributed by atoms with E-state index in [-0.39, 0.29) is 0 Å². The molecule has 0 aliphatic heterocycles. The number of hydrogen-bond acceptors (Lipinski definition) is 3. The monoisotopic (exact) mass is 374 g/mol. The van der Waals surface area contributed by atoms with E-state index in [2.05, 4.69) is 41.2 Å². The topological polar surface area (TPSA) is 58.2 Å². The largest absolute Gasteiger partial charge is 0.381 e. The van der Waals surface area contributed by atoms with Gasteiger partial charge in [0, 0.05) is 18.8 Å². The van der Waals surface area contributed by atoms with Crippen LogP contribution in [0, 0.1) is 0 Å². The first kappa shape index (κ1) is 20.5. The molecule has 0 atom stereocenters. The minimum Gasteiger partial charge on any atom is -0.381 e. The summed E-state index contributed by atoms with van der Waals surface area (Å²) < 4.78 is 26.2. The van der Waals surface area contributed by atoms with Gasteiger partial charge >= 0.3 is 0 Å². The number of hydrogen-bond donors (Lipinski definition) is 2. The lowest BCUT2D eigenvalue weighted by molar-refractivity contribution is 0.572. The van der Waals surface area contributed by atoms with Crippen LogP contribution in [-0.4, -0.2) is 13.7 Å². The van der Waals surface area contributed by atoms with E-state index in [9.17, 15) is 8.42 Å². The lowest BCUT2D eigenvalue weighted by Crippen LogP contribution is -2.30. The van der Waals surface area contributed by atoms with E-state index < -0.39 is 15.3 Å². The summed E-state index contributed by atoms with van der Waals surface area (Å²) in [5, 5.41) is 3.01. The van der Waals surface area contributed by atoms with Gasteiger partial charge in [0.1, 0.15) is 0 Å². The Bertz CT molecular complexity index is 767. The van der Waals surface area contributed by atoms with Crippen molar-refractivity contribution in [1.82, 2.24) is 4.72 Å². The third kappa shape index (κ3) is 6.46. The lowest BCUT2D eigenvalue weighted by Gasteiger charge is -2.11. The van der Waals surface area contributed by atoms with Crippen LogP contribution >= 0.6 is 0 Å². The third-order valence-electron chi connectivity index (χ3n) is 4.39. The maximum atomic E-state index is 11.8. The molecule has 0 fully saturated rings. The Morgan fingerprint density at radius 3 is 1.92 bits per heavy atom. The summed E-state index contributed by atoms with van der Waals surface area (Å²) >= 11 is 0. The van der Waals surface area contributed by atoms with E-state index >= 15 is 0 Å². The molecule has 0 aliphatic rings. The number of rotatable bonds is 10. The number of nitrogens with one attached hydrogen (secondary N) is 2. The first-order valence-corrected chi connectivity index (χ1v) is 10.8. The van der Waals surface area contributed by atoms with Gasteiger partial charge in [-0.1, -0.05) is 49.7 Å². The van der Waals surface area contributed by atoms with Gasteiger partial charge in [-0.05, 0) is 55.5 Å². The van der Waals surface area contributed by atoms with Crippen molar-refractivity contribution in [2.24, 2.45) is 0 Å². The Balaban J connectivity index is 1.83. The van der Waals surface area contributed by atoms with Crippen LogP contribution in [-0.2, 0) is 29.5 Å². The highest BCUT2D eigenvalue weighted by Gasteiger charge is 2.14. The quantitative estimate of drug-likeness (QED) is 0.645. The first-order valence-electron chi connectivity index (χ1n) is 9.30. The molecular weight excluding hydrogens is 344 g/mol. The van der Waals surface area contributed by atoms with Crippen LogP contribution in [0.2, 0.25) is 0 Å². The number of sulfonamides is 1. The predicted octanol–water partition coefficient (Wildman–Crippen LogP) is 4.47. The van der Waals surface area contributed by atoms with Gasteiger partial charge in [-0.2, -0.15) is 0 Å². The minimum absolute atomic E-state index is 0.327. The van der Waals surface area contributed by atoms with Crippen LogP contribution in [0.3, 0.4) is 0 Å². The minimum atomic E-state index is -3.22. The molecule has 142 valence electrons. The van der Waals surface area contributed by atoms with E-state index in [0.29, 0.717) is 6.54 Å². The highest BCUT2D eigenvalue weighted by atomic mass is 32.2. The van der Waals surface area contributed by atoms with Gasteiger partial charge in [-0.15, -0.1) is 0 Å². The molecule has 0 spiro atoms. The number of anilines is 1. The van der Waals surface area contributed by atoms with E-state index in [1.54, 1.807) is 13.8 Å². The number of aryl methyl sites for hydroxylation is 1. The molecule has 0 bridgehead atoms. The second-order valence-electron chi connectivity index (χ2n) is 6.89. The van der Waals surface area contributed by atoms with Gasteiger partial charge in [0.15, 0.2) is 0 Å². The van der Waals surface area contributed by atoms with Crippen LogP contribution < -0.4 is 10.0 Å². The second kappa shape index (κ2) is 9.74. The van der Waals surface area contributed by atoms with Crippen LogP contribution in [0.1, 0.15) is 50.3 Å². The van der Waals surface area contributed by atoms with Crippen molar-refractivity contribution in [3.63, 3.8) is 0 Å². The summed E-state index contributed by atoms with van der Waals surface area (Å²) in [5.74, 6) is 0. The molecule has 0 saturated heterocycles. The third-order valence-corrected chi connectivity index (χ3v) is 6.18. The van der Waals surface area contributed by atoms with Crippen LogP contribution in [0.5, 0.6) is 0 Å². The molecule has 26 heavy (non-hydrogen) atoms. The summed E-state index contributed by atoms with van der Waals surface area (Å²) in [5.41, 5.74) is 4.61. The summed E-state index contributed by atoms with van der Waals surface area (Å²) in [7, 11) is -3.22. The van der Waals surface area contributed by atoms with Crippen molar-refractivity contribution < 1.29 is 8.42 Å². The standard InChI is InChI=1S/C21H30N2O2S/c1-4-5-6-18-11-13-21(14-12-18)22-15-19-7-9-20(10-8-19)16-23-26(24,25)17(2)3/h7-14,17,22-23H,4-6,15-16H2,1-3H3. The molecule has 0 saturated carbocycles. The average molecular weight is 375 g/mol. The van der Waals surface area contributed by atoms with Gasteiger partial charge in [0.25, 0.3) is 0 Å². The Morgan fingerprint density at radius 2 is 1.38 bits per heavy atom. The number of unbranched alkanes of at least 4 members (excludes halogenated alkanes) is 1. The fourth-order valence-electron chi connectivity index (χ4n) is 2.50. The lowest BCUT2D eigenvalue weighted by atomic mass is 10.1. The molecule has 2 aromatic rings. The molecule has 0 radical (unpaired) electrons. The van der Waals surface area contributed by atoms with Crippen molar-refractivity contribution in [3.05, 3.63) is 65.2 Å². The maximum Gasteiger partial charge on any atom is 0.214 e. The van der Waals surface area contributed by atoms with Gasteiger partial charge in [0.05, 0.1) is 5.25 Å². The highest BCUT2D eigenvalue weighted by molar-refractivity contribution is 7.90. The SMILES string of the molecule is CCCCc1ccc(NCc2ccc(CNS(=O)(=O)C(C)C)cc2)cc1. The van der Waals surface area contributed by atoms with Crippen molar-refractivity contribution >= 4 is 15.7 Å². The normalized spacial score (nSPS) is 11.7. The van der Waals surface area contributed by atoms with Crippen molar-refractivity contribution in [1.29, 1.82) is 0 Å². The molecule has 5 heteroatoms. The van der Waals surface area contributed by atoms with Gasteiger partial charge < -0.3 is 5.32 Å². The van der Waals surface area contributed by atoms with E-state index in [4.69, 9.17) is 0 Å². The Morgan fingerprint density at radius 1 is 0.846 bits per heavy atom. The van der Waals surface area contributed by atoms with Crippen LogP contribution in [0.4, 0.5) is 5.69 Å². The summed E-state index contributed by atoms with van der Waals surface area (Å²) in [6.07, 6.45) is 3.58. The Labute approximate surface area is 158 Å². The second-order valence-corrected chi connectivity index (χ2v) is 9.21. The Hall–Kier alpha value is -1.85. The van der Waals surface area contributed by atoms with E-state index in [1.165, 1.54) is 18.4 Å². The zero-order chi connectivity index (χ0) is 19.0. The van der Waals surface area contributed by atoms with E-state index in [0.717, 1.165) is 29.8 Å². The molecule has 2 aromatic carbocycles. The molecular formula is C21H30N2O2S. The van der Waals surface area contributed by atoms with Crippen LogP contribution in [0.15, 0.2) is 48.5 Å². The van der Waals surface area contributed by atoms with Crippen molar-refractivity contribution in [2.45, 2.75) is 58.4 Å². The molecule has 0 aromatic heterocycles. The van der Waals surface area contributed by atoms with Crippen molar-refractivity contribution in [2.75, 3.05) is 5.32 Å². The van der Waals surface area contributed by atoms with Gasteiger partial charge in [0.2, 0.25) is 10.0 Å². The molecule has 0 aliphatic carbocycles. The van der Waals surface area contributed by atoms with Crippen LogP contribution in [0.25, 0.3) is 0 Å². The molecule has 0 unspecified atom stereocenters. The van der Waals surface area contributed by atoms with E-state index in [1.807, 2.05) is 24.3 Å². The predicted molar refractivity (Wildman–Crippen MR) is 110 cm³/mol. The zero-order valence-electron chi connectivity index (χ0n) is 16.0. The molecule has 0 heterocycles. The zero-order valence-corrected chi connectivity index (χ0v) is 16.8. The van der Waals surface area contributed by atoms with Crippen molar-refractivity contribution in [3.8, 4) is 0 Å². The van der Waals surface area contributed by atoms with Gasteiger partial charge in [-0.3, -0.25) is 0 Å². The smallest absolute Gasteiger partial charge is 0.214 e. The molecule has 2 N–H and O–H groups in total. The summed E-state index contributed by atoms with van der Waals surface area (Å²) in [6.45, 7) is 6.63. The fourth-order valence-corrected chi connectivity index (χ4v) is 3.20. The maximum absolute atomic E-state index is 11.8. The molecule has 0 amide bonds. The summed E-state index contributed by atoms with van der Waals surface area (Å²) in [6, 6.07) is 16.6. The average Bonchev–Trinajstić information content (AvgIpc) is 2.64. The Kier molecular flexibility index (Phi) is 7.66. The highest BCUT2D eigenvalue weighted by Crippen LogP contribution is 2.14. The summed E-state index contributed by atoms with van der Waals surface area (Å²) in [4.78, 5) is 0. The fraction of sp³-hybridized carbons (Fsp3) is 0.429.